The number of aromatic nitrogens is 1. The summed E-state index contributed by atoms with van der Waals surface area (Å²) in [5.41, 5.74) is 0.803. The van der Waals surface area contributed by atoms with Crippen LogP contribution in [0, 0.1) is 10.1 Å². The first kappa shape index (κ1) is 8.93. The predicted octanol–water partition coefficient (Wildman–Crippen LogP) is 1.59. The highest BCUT2D eigenvalue weighted by Crippen LogP contribution is 2.28. The molecule has 0 spiro atoms. The average Bonchev–Trinajstić information content (AvgIpc) is 2.70. The number of hydrogen-bond acceptors (Lipinski definition) is 4. The fourth-order valence-electron chi connectivity index (χ4n) is 1.73. The maximum Gasteiger partial charge on any atom is 0.295 e. The van der Waals surface area contributed by atoms with Gasteiger partial charge in [0.2, 0.25) is 0 Å². The molecular formula is C9H11N3O2. The number of rotatable bonds is 2. The number of anilines is 1. The number of pyridine rings is 1. The zero-order chi connectivity index (χ0) is 9.97. The molecule has 1 aromatic rings. The molecule has 2 heterocycles. The van der Waals surface area contributed by atoms with Crippen molar-refractivity contribution in [2.45, 2.75) is 12.8 Å². The SMILES string of the molecule is O=[N+]([O-])c1ccncc1N1CCCC1. The fourth-order valence-corrected chi connectivity index (χ4v) is 1.73. The average molecular weight is 193 g/mol. The largest absolute Gasteiger partial charge is 0.365 e. The van der Waals surface area contributed by atoms with Crippen molar-refractivity contribution < 1.29 is 4.92 Å². The van der Waals surface area contributed by atoms with E-state index in [0.717, 1.165) is 25.9 Å². The summed E-state index contributed by atoms with van der Waals surface area (Å²) in [5, 5.41) is 10.7. The second-order valence-electron chi connectivity index (χ2n) is 3.32. The van der Waals surface area contributed by atoms with Crippen molar-refractivity contribution in [3.05, 3.63) is 28.6 Å². The molecular weight excluding hydrogens is 182 g/mol. The first-order valence-corrected chi connectivity index (χ1v) is 4.62. The topological polar surface area (TPSA) is 59.3 Å². The third kappa shape index (κ3) is 1.53. The van der Waals surface area contributed by atoms with Crippen molar-refractivity contribution in [3.63, 3.8) is 0 Å². The second kappa shape index (κ2) is 3.61. The van der Waals surface area contributed by atoms with E-state index in [2.05, 4.69) is 4.98 Å². The van der Waals surface area contributed by atoms with Crippen LogP contribution in [0.3, 0.4) is 0 Å². The van der Waals surface area contributed by atoms with Gasteiger partial charge in [0.15, 0.2) is 0 Å². The summed E-state index contributed by atoms with van der Waals surface area (Å²) in [6, 6.07) is 1.45. The van der Waals surface area contributed by atoms with Gasteiger partial charge in [-0.1, -0.05) is 0 Å². The van der Waals surface area contributed by atoms with Crippen molar-refractivity contribution in [2.24, 2.45) is 0 Å². The Morgan fingerprint density at radius 3 is 2.79 bits per heavy atom. The summed E-state index contributed by atoms with van der Waals surface area (Å²) < 4.78 is 0. The molecule has 0 bridgehead atoms. The Kier molecular flexibility index (Phi) is 2.30. The van der Waals surface area contributed by atoms with Gasteiger partial charge in [-0.3, -0.25) is 15.1 Å². The molecule has 5 nitrogen and oxygen atoms in total. The lowest BCUT2D eigenvalue weighted by Gasteiger charge is -2.16. The molecule has 14 heavy (non-hydrogen) atoms. The van der Waals surface area contributed by atoms with Gasteiger partial charge in [-0.25, -0.2) is 0 Å². The van der Waals surface area contributed by atoms with Crippen LogP contribution in [0.5, 0.6) is 0 Å². The highest BCUT2D eigenvalue weighted by molar-refractivity contribution is 5.61. The summed E-state index contributed by atoms with van der Waals surface area (Å²) in [5.74, 6) is 0. The molecule has 0 unspecified atom stereocenters. The third-order valence-electron chi connectivity index (χ3n) is 2.42. The van der Waals surface area contributed by atoms with Gasteiger partial charge in [0.25, 0.3) is 5.69 Å². The minimum absolute atomic E-state index is 0.155. The van der Waals surface area contributed by atoms with Gasteiger partial charge in [0, 0.05) is 25.4 Å². The van der Waals surface area contributed by atoms with Gasteiger partial charge < -0.3 is 4.90 Å². The third-order valence-corrected chi connectivity index (χ3v) is 2.42. The summed E-state index contributed by atoms with van der Waals surface area (Å²) in [6.07, 6.45) is 5.24. The first-order chi connectivity index (χ1) is 6.79. The van der Waals surface area contributed by atoms with Crippen LogP contribution in [-0.2, 0) is 0 Å². The highest BCUT2D eigenvalue weighted by Gasteiger charge is 2.21. The minimum Gasteiger partial charge on any atom is -0.365 e. The van der Waals surface area contributed by atoms with Crippen molar-refractivity contribution in [1.29, 1.82) is 0 Å². The standard InChI is InChI=1S/C9H11N3O2/c13-12(14)8-3-4-10-7-9(8)11-5-1-2-6-11/h3-4,7H,1-2,5-6H2. The zero-order valence-corrected chi connectivity index (χ0v) is 7.72. The summed E-state index contributed by atoms with van der Waals surface area (Å²) >= 11 is 0. The normalized spacial score (nSPS) is 15.9. The number of nitro groups is 1. The van der Waals surface area contributed by atoms with E-state index >= 15 is 0 Å². The Bertz CT molecular complexity index is 348. The quantitative estimate of drug-likeness (QED) is 0.528. The van der Waals surface area contributed by atoms with E-state index in [1.807, 2.05) is 4.90 Å². The van der Waals surface area contributed by atoms with E-state index < -0.39 is 0 Å². The molecule has 1 saturated heterocycles. The molecule has 2 rings (SSSR count). The van der Waals surface area contributed by atoms with E-state index in [-0.39, 0.29) is 10.6 Å². The zero-order valence-electron chi connectivity index (χ0n) is 7.72. The van der Waals surface area contributed by atoms with E-state index in [1.54, 1.807) is 6.20 Å². The highest BCUT2D eigenvalue weighted by atomic mass is 16.6. The van der Waals surface area contributed by atoms with Crippen LogP contribution in [0.4, 0.5) is 11.4 Å². The van der Waals surface area contributed by atoms with E-state index in [4.69, 9.17) is 0 Å². The molecule has 1 aromatic heterocycles. The monoisotopic (exact) mass is 193 g/mol. The smallest absolute Gasteiger partial charge is 0.295 e. The Labute approximate surface area is 81.5 Å². The molecule has 0 aromatic carbocycles. The first-order valence-electron chi connectivity index (χ1n) is 4.62. The van der Waals surface area contributed by atoms with Crippen LogP contribution >= 0.6 is 0 Å². The summed E-state index contributed by atoms with van der Waals surface area (Å²) in [6.45, 7) is 1.79. The van der Waals surface area contributed by atoms with Crippen LogP contribution in [0.15, 0.2) is 18.5 Å². The lowest BCUT2D eigenvalue weighted by atomic mass is 10.3. The van der Waals surface area contributed by atoms with Gasteiger partial charge in [0.1, 0.15) is 5.69 Å². The van der Waals surface area contributed by atoms with E-state index in [0.29, 0.717) is 5.69 Å². The van der Waals surface area contributed by atoms with Gasteiger partial charge in [-0.2, -0.15) is 0 Å². The molecule has 0 aliphatic carbocycles. The Balaban J connectivity index is 2.35. The van der Waals surface area contributed by atoms with Crippen LogP contribution in [-0.4, -0.2) is 23.0 Å². The predicted molar refractivity (Wildman–Crippen MR) is 52.3 cm³/mol. The molecule has 1 fully saturated rings. The number of nitrogens with zero attached hydrogens (tertiary/aromatic N) is 3. The van der Waals surface area contributed by atoms with E-state index in [9.17, 15) is 10.1 Å². The molecule has 0 radical (unpaired) electrons. The molecule has 74 valence electrons. The fraction of sp³-hybridized carbons (Fsp3) is 0.444. The van der Waals surface area contributed by atoms with Crippen molar-refractivity contribution in [2.75, 3.05) is 18.0 Å². The molecule has 5 heteroatoms. The van der Waals surface area contributed by atoms with Crippen molar-refractivity contribution >= 4 is 11.4 Å². The Hall–Kier alpha value is -1.65. The molecule has 1 aliphatic heterocycles. The maximum atomic E-state index is 10.7. The molecule has 0 saturated carbocycles. The lowest BCUT2D eigenvalue weighted by Crippen LogP contribution is -2.18. The summed E-state index contributed by atoms with van der Waals surface area (Å²) in [4.78, 5) is 16.3. The van der Waals surface area contributed by atoms with E-state index in [1.165, 1.54) is 12.3 Å². The Morgan fingerprint density at radius 1 is 1.43 bits per heavy atom. The molecule has 0 atom stereocenters. The van der Waals surface area contributed by atoms with Crippen molar-refractivity contribution in [1.82, 2.24) is 4.98 Å². The van der Waals surface area contributed by atoms with Crippen LogP contribution in [0.1, 0.15) is 12.8 Å². The van der Waals surface area contributed by atoms with Gasteiger partial charge in [-0.15, -0.1) is 0 Å². The number of hydrogen-bond donors (Lipinski definition) is 0. The maximum absolute atomic E-state index is 10.7. The summed E-state index contributed by atoms with van der Waals surface area (Å²) in [7, 11) is 0. The van der Waals surface area contributed by atoms with Gasteiger partial charge in [-0.05, 0) is 12.8 Å². The second-order valence-corrected chi connectivity index (χ2v) is 3.32. The molecule has 0 N–H and O–H groups in total. The lowest BCUT2D eigenvalue weighted by molar-refractivity contribution is -0.384. The van der Waals surface area contributed by atoms with Gasteiger partial charge in [0.05, 0.1) is 11.1 Å². The van der Waals surface area contributed by atoms with Crippen LogP contribution < -0.4 is 4.90 Å². The molecule has 0 amide bonds. The van der Waals surface area contributed by atoms with Gasteiger partial charge >= 0.3 is 0 Å². The molecule has 1 aliphatic rings. The minimum atomic E-state index is -0.352. The Morgan fingerprint density at radius 2 is 2.14 bits per heavy atom. The van der Waals surface area contributed by atoms with Crippen molar-refractivity contribution in [3.8, 4) is 0 Å². The van der Waals surface area contributed by atoms with Crippen LogP contribution in [0.25, 0.3) is 0 Å². The van der Waals surface area contributed by atoms with Crippen LogP contribution in [0.2, 0.25) is 0 Å².